The molecule has 0 unspecified atom stereocenters. The Morgan fingerprint density at radius 2 is 2.14 bits per heavy atom. The minimum absolute atomic E-state index is 0.190. The fourth-order valence-corrected chi connectivity index (χ4v) is 3.45. The Kier molecular flexibility index (Phi) is 3.11. The molecule has 1 saturated heterocycles. The first-order valence-electron chi connectivity index (χ1n) is 10.3. The average molecular weight is 379 g/mol. The normalized spacial score (nSPS) is 16.6. The van der Waals surface area contributed by atoms with Crippen LogP contribution in [0.1, 0.15) is 4.11 Å². The largest absolute Gasteiger partial charge is 0.436 e. The van der Waals surface area contributed by atoms with E-state index >= 15 is 0 Å². The van der Waals surface area contributed by atoms with Crippen LogP contribution in [-0.2, 0) is 4.74 Å². The minimum Gasteiger partial charge on any atom is -0.436 e. The van der Waals surface area contributed by atoms with Crippen LogP contribution in [0.15, 0.2) is 41.1 Å². The lowest BCUT2D eigenvalue weighted by Crippen LogP contribution is -2.51. The van der Waals surface area contributed by atoms with E-state index in [-0.39, 0.29) is 11.9 Å². The number of anilines is 3. The molecule has 28 heavy (non-hydrogen) atoms. The topological polar surface area (TPSA) is 102 Å². The SMILES string of the molecule is [2H]C([2H])([2H])Nc1ncc(-c2nc3cc(N4CC(OC)C4)ccc3o2)c2cc(N)ncc12. The highest BCUT2D eigenvalue weighted by molar-refractivity contribution is 6.01. The van der Waals surface area contributed by atoms with E-state index in [4.69, 9.17) is 19.0 Å². The number of fused-ring (bicyclic) bond motifs is 2. The zero-order valence-corrected chi connectivity index (χ0v) is 15.1. The van der Waals surface area contributed by atoms with E-state index in [1.165, 1.54) is 12.4 Å². The van der Waals surface area contributed by atoms with E-state index in [2.05, 4.69) is 25.2 Å². The van der Waals surface area contributed by atoms with Crippen LogP contribution in [0, 0.1) is 0 Å². The van der Waals surface area contributed by atoms with Gasteiger partial charge < -0.3 is 25.1 Å². The molecule has 1 aliphatic rings. The Hall–Kier alpha value is -3.39. The van der Waals surface area contributed by atoms with E-state index in [9.17, 15) is 0 Å². The summed E-state index contributed by atoms with van der Waals surface area (Å²) in [5.74, 6) is 0.854. The van der Waals surface area contributed by atoms with Gasteiger partial charge in [-0.1, -0.05) is 0 Å². The molecule has 8 nitrogen and oxygen atoms in total. The zero-order chi connectivity index (χ0) is 21.8. The molecule has 0 amide bonds. The maximum absolute atomic E-state index is 7.47. The minimum atomic E-state index is -2.39. The van der Waals surface area contributed by atoms with Crippen molar-refractivity contribution in [2.24, 2.45) is 0 Å². The molecule has 4 aromatic rings. The van der Waals surface area contributed by atoms with Gasteiger partial charge in [-0.05, 0) is 24.3 Å². The van der Waals surface area contributed by atoms with Gasteiger partial charge in [-0.25, -0.2) is 15.0 Å². The third-order valence-electron chi connectivity index (χ3n) is 5.06. The van der Waals surface area contributed by atoms with Crippen LogP contribution in [-0.4, -0.2) is 48.2 Å². The van der Waals surface area contributed by atoms with Gasteiger partial charge >= 0.3 is 0 Å². The molecule has 142 valence electrons. The standard InChI is InChI=1S/C20H20N6O2/c1-22-19-14-7-23-18(21)6-13(14)15(8-24-19)20-25-16-5-11(3-4-17(16)28-20)26-9-12(10-26)27-2/h3-8,12H,9-10H2,1-2H3,(H2,21,23)(H,22,24)/i1D3. The Bertz CT molecular complexity index is 1280. The first kappa shape index (κ1) is 13.7. The van der Waals surface area contributed by atoms with Crippen molar-refractivity contribution in [2.45, 2.75) is 6.10 Å². The van der Waals surface area contributed by atoms with Crippen LogP contribution in [0.25, 0.3) is 33.3 Å². The van der Waals surface area contributed by atoms with Crippen LogP contribution in [0.2, 0.25) is 0 Å². The average Bonchev–Trinajstić information content (AvgIpc) is 3.09. The highest BCUT2D eigenvalue weighted by Crippen LogP contribution is 2.34. The number of methoxy groups -OCH3 is 1. The predicted molar refractivity (Wildman–Crippen MR) is 110 cm³/mol. The number of nitrogens with one attached hydrogen (secondary N) is 1. The number of benzene rings is 1. The molecule has 4 heterocycles. The van der Waals surface area contributed by atoms with Crippen molar-refractivity contribution >= 4 is 39.2 Å². The van der Waals surface area contributed by atoms with Crippen molar-refractivity contribution in [3.05, 3.63) is 36.7 Å². The van der Waals surface area contributed by atoms with Crippen molar-refractivity contribution in [1.29, 1.82) is 0 Å². The second-order valence-electron chi connectivity index (χ2n) is 6.73. The lowest BCUT2D eigenvalue weighted by atomic mass is 10.1. The van der Waals surface area contributed by atoms with Crippen LogP contribution in [0.5, 0.6) is 0 Å². The third kappa shape index (κ3) is 2.61. The number of hydrogen-bond donors (Lipinski definition) is 2. The number of ether oxygens (including phenoxy) is 1. The molecule has 8 heteroatoms. The maximum atomic E-state index is 7.47. The highest BCUT2D eigenvalue weighted by Gasteiger charge is 2.27. The molecule has 0 spiro atoms. The van der Waals surface area contributed by atoms with E-state index in [1.807, 2.05) is 18.2 Å². The summed E-state index contributed by atoms with van der Waals surface area (Å²) in [6, 6.07) is 7.51. The van der Waals surface area contributed by atoms with Crippen molar-refractivity contribution < 1.29 is 13.3 Å². The van der Waals surface area contributed by atoms with Gasteiger partial charge in [-0.3, -0.25) is 0 Å². The van der Waals surface area contributed by atoms with Crippen LogP contribution < -0.4 is 16.0 Å². The van der Waals surface area contributed by atoms with Gasteiger partial charge in [-0.15, -0.1) is 0 Å². The van der Waals surface area contributed by atoms with E-state index in [1.54, 1.807) is 13.2 Å². The van der Waals surface area contributed by atoms with Gasteiger partial charge in [0.25, 0.3) is 0 Å². The van der Waals surface area contributed by atoms with E-state index < -0.39 is 6.98 Å². The third-order valence-corrected chi connectivity index (χ3v) is 5.06. The predicted octanol–water partition coefficient (Wildman–Crippen LogP) is 2.90. The molecule has 1 aliphatic heterocycles. The van der Waals surface area contributed by atoms with Crippen molar-refractivity contribution in [1.82, 2.24) is 15.0 Å². The summed E-state index contributed by atoms with van der Waals surface area (Å²) >= 11 is 0. The molecule has 5 rings (SSSR count). The molecule has 0 aliphatic carbocycles. The molecule has 3 aromatic heterocycles. The summed E-state index contributed by atoms with van der Waals surface area (Å²) in [5.41, 5.74) is 8.90. The van der Waals surface area contributed by atoms with Crippen LogP contribution in [0.4, 0.5) is 17.3 Å². The number of nitrogen functional groups attached to an aromatic ring is 1. The Balaban J connectivity index is 1.57. The molecular weight excluding hydrogens is 356 g/mol. The van der Waals surface area contributed by atoms with Gasteiger partial charge in [0, 0.05) is 60.1 Å². The first-order chi connectivity index (χ1) is 14.8. The van der Waals surface area contributed by atoms with Gasteiger partial charge in [0.15, 0.2) is 5.58 Å². The Morgan fingerprint density at radius 3 is 2.96 bits per heavy atom. The zero-order valence-electron chi connectivity index (χ0n) is 18.1. The number of oxazole rings is 1. The summed E-state index contributed by atoms with van der Waals surface area (Å²) in [7, 11) is 1.72. The molecule has 1 aromatic carbocycles. The highest BCUT2D eigenvalue weighted by atomic mass is 16.5. The number of hydrogen-bond acceptors (Lipinski definition) is 8. The fourth-order valence-electron chi connectivity index (χ4n) is 3.45. The second kappa shape index (κ2) is 6.35. The van der Waals surface area contributed by atoms with Crippen molar-refractivity contribution in [3.63, 3.8) is 0 Å². The lowest BCUT2D eigenvalue weighted by molar-refractivity contribution is 0.0788. The fraction of sp³-hybridized carbons (Fsp3) is 0.250. The quantitative estimate of drug-likeness (QED) is 0.558. The van der Waals surface area contributed by atoms with Gasteiger partial charge in [0.1, 0.15) is 17.2 Å². The summed E-state index contributed by atoms with van der Waals surface area (Å²) < 4.78 is 33.7. The van der Waals surface area contributed by atoms with Crippen LogP contribution >= 0.6 is 0 Å². The summed E-state index contributed by atoms with van der Waals surface area (Å²) in [6.45, 7) is -0.716. The first-order valence-corrected chi connectivity index (χ1v) is 8.82. The number of pyridine rings is 2. The number of nitrogens with two attached hydrogens (primary N) is 1. The smallest absolute Gasteiger partial charge is 0.229 e. The second-order valence-corrected chi connectivity index (χ2v) is 6.73. The molecule has 0 bridgehead atoms. The van der Waals surface area contributed by atoms with E-state index in [0.29, 0.717) is 39.1 Å². The molecule has 0 radical (unpaired) electrons. The molecule has 3 N–H and O–H groups in total. The number of aromatic nitrogens is 3. The monoisotopic (exact) mass is 379 g/mol. The maximum Gasteiger partial charge on any atom is 0.229 e. The van der Waals surface area contributed by atoms with Crippen molar-refractivity contribution in [3.8, 4) is 11.5 Å². The van der Waals surface area contributed by atoms with Gasteiger partial charge in [0.2, 0.25) is 5.89 Å². The number of nitrogens with zero attached hydrogens (tertiary/aromatic N) is 4. The molecule has 0 atom stereocenters. The van der Waals surface area contributed by atoms with Crippen molar-refractivity contribution in [2.75, 3.05) is 43.1 Å². The summed E-state index contributed by atoms with van der Waals surface area (Å²) in [6.07, 6.45) is 3.27. The molecule has 1 fully saturated rings. The van der Waals surface area contributed by atoms with E-state index in [0.717, 1.165) is 18.8 Å². The Morgan fingerprint density at radius 1 is 1.25 bits per heavy atom. The summed E-state index contributed by atoms with van der Waals surface area (Å²) in [5, 5.41) is 3.59. The molecule has 0 saturated carbocycles. The van der Waals surface area contributed by atoms with Gasteiger partial charge in [-0.2, -0.15) is 0 Å². The van der Waals surface area contributed by atoms with Gasteiger partial charge in [0.05, 0.1) is 11.7 Å². The lowest BCUT2D eigenvalue weighted by Gasteiger charge is -2.39. The molecular formula is C20H20N6O2. The Labute approximate surface area is 165 Å². The summed E-state index contributed by atoms with van der Waals surface area (Å²) in [4.78, 5) is 15.2. The van der Waals surface area contributed by atoms with Crippen LogP contribution in [0.3, 0.4) is 0 Å². The number of rotatable bonds is 4.